The standard InChI is InChI=1S/C9H16N2O3/c1-3-6-4-7(6)11-9(14)10-5(2)8(12)13/h5-7H,3-4H2,1-2H3,(H,12,13)(H2,10,11,14)/t5-,6?,7?/m0/s1. The Labute approximate surface area is 82.9 Å². The normalized spacial score (nSPS) is 26.4. The summed E-state index contributed by atoms with van der Waals surface area (Å²) in [5.41, 5.74) is 0. The van der Waals surface area contributed by atoms with Gasteiger partial charge in [0.2, 0.25) is 0 Å². The number of carbonyl (C=O) groups excluding carboxylic acids is 1. The fraction of sp³-hybridized carbons (Fsp3) is 0.778. The molecule has 0 bridgehead atoms. The summed E-state index contributed by atoms with van der Waals surface area (Å²) in [6.45, 7) is 3.51. The number of carbonyl (C=O) groups is 2. The lowest BCUT2D eigenvalue weighted by Gasteiger charge is -2.10. The summed E-state index contributed by atoms with van der Waals surface area (Å²) >= 11 is 0. The summed E-state index contributed by atoms with van der Waals surface area (Å²) in [4.78, 5) is 21.6. The number of hydrogen-bond acceptors (Lipinski definition) is 2. The van der Waals surface area contributed by atoms with Crippen molar-refractivity contribution < 1.29 is 14.7 Å². The van der Waals surface area contributed by atoms with Crippen molar-refractivity contribution in [3.8, 4) is 0 Å². The summed E-state index contributed by atoms with van der Waals surface area (Å²) in [5.74, 6) is -0.455. The van der Waals surface area contributed by atoms with E-state index in [4.69, 9.17) is 5.11 Å². The van der Waals surface area contributed by atoms with Crippen LogP contribution in [0.4, 0.5) is 4.79 Å². The molecule has 5 nitrogen and oxygen atoms in total. The first-order chi connectivity index (χ1) is 6.54. The minimum Gasteiger partial charge on any atom is -0.480 e. The van der Waals surface area contributed by atoms with Crippen molar-refractivity contribution in [2.45, 2.75) is 38.8 Å². The van der Waals surface area contributed by atoms with E-state index < -0.39 is 12.0 Å². The molecule has 2 unspecified atom stereocenters. The summed E-state index contributed by atoms with van der Waals surface area (Å²) in [6, 6.07) is -0.990. The van der Waals surface area contributed by atoms with Gasteiger partial charge in [-0.2, -0.15) is 0 Å². The van der Waals surface area contributed by atoms with Gasteiger partial charge in [-0.15, -0.1) is 0 Å². The number of urea groups is 1. The van der Waals surface area contributed by atoms with Crippen LogP contribution in [0.1, 0.15) is 26.7 Å². The first-order valence-electron chi connectivity index (χ1n) is 4.84. The molecule has 1 aliphatic carbocycles. The molecule has 0 aromatic rings. The van der Waals surface area contributed by atoms with Crippen molar-refractivity contribution in [1.82, 2.24) is 10.6 Å². The second-order valence-electron chi connectivity index (χ2n) is 3.69. The second kappa shape index (κ2) is 4.30. The number of rotatable bonds is 4. The zero-order valence-electron chi connectivity index (χ0n) is 8.41. The Hall–Kier alpha value is -1.26. The lowest BCUT2D eigenvalue weighted by Crippen LogP contribution is -2.45. The maximum absolute atomic E-state index is 11.2. The largest absolute Gasteiger partial charge is 0.480 e. The molecule has 80 valence electrons. The molecule has 5 heteroatoms. The quantitative estimate of drug-likeness (QED) is 0.620. The third-order valence-corrected chi connectivity index (χ3v) is 2.48. The van der Waals surface area contributed by atoms with E-state index >= 15 is 0 Å². The average Bonchev–Trinajstić information content (AvgIpc) is 2.82. The van der Waals surface area contributed by atoms with Crippen LogP contribution in [0.25, 0.3) is 0 Å². The highest BCUT2D eigenvalue weighted by Crippen LogP contribution is 2.32. The Morgan fingerprint density at radius 1 is 1.57 bits per heavy atom. The summed E-state index contributed by atoms with van der Waals surface area (Å²) in [6.07, 6.45) is 2.06. The monoisotopic (exact) mass is 200 g/mol. The Balaban J connectivity index is 2.20. The van der Waals surface area contributed by atoms with Crippen LogP contribution in [0.3, 0.4) is 0 Å². The second-order valence-corrected chi connectivity index (χ2v) is 3.69. The maximum Gasteiger partial charge on any atom is 0.325 e. The Kier molecular flexibility index (Phi) is 3.33. The van der Waals surface area contributed by atoms with Crippen LogP contribution in [-0.4, -0.2) is 29.2 Å². The number of nitrogens with one attached hydrogen (secondary N) is 2. The Morgan fingerprint density at radius 2 is 2.21 bits per heavy atom. The minimum atomic E-state index is -1.03. The van der Waals surface area contributed by atoms with Gasteiger partial charge in [-0.05, 0) is 19.3 Å². The van der Waals surface area contributed by atoms with E-state index in [1.165, 1.54) is 6.92 Å². The van der Waals surface area contributed by atoms with Crippen molar-refractivity contribution in [1.29, 1.82) is 0 Å². The molecule has 0 radical (unpaired) electrons. The first-order valence-corrected chi connectivity index (χ1v) is 4.84. The third-order valence-electron chi connectivity index (χ3n) is 2.48. The highest BCUT2D eigenvalue weighted by atomic mass is 16.4. The molecular formula is C9H16N2O3. The van der Waals surface area contributed by atoms with Gasteiger partial charge in [-0.25, -0.2) is 4.79 Å². The molecule has 0 aliphatic heterocycles. The number of carboxylic acid groups (broad SMARTS) is 1. The van der Waals surface area contributed by atoms with Crippen molar-refractivity contribution in [2.75, 3.05) is 0 Å². The zero-order chi connectivity index (χ0) is 10.7. The SMILES string of the molecule is CCC1CC1NC(=O)N[C@@H](C)C(=O)O. The molecular weight excluding hydrogens is 184 g/mol. The summed E-state index contributed by atoms with van der Waals surface area (Å²) in [7, 11) is 0. The highest BCUT2D eigenvalue weighted by molar-refractivity contribution is 5.82. The van der Waals surface area contributed by atoms with Gasteiger partial charge in [-0.1, -0.05) is 13.3 Å². The van der Waals surface area contributed by atoms with E-state index in [1.807, 2.05) is 0 Å². The lowest BCUT2D eigenvalue weighted by molar-refractivity contribution is -0.138. The molecule has 1 aliphatic rings. The highest BCUT2D eigenvalue weighted by Gasteiger charge is 2.36. The molecule has 0 heterocycles. The van der Waals surface area contributed by atoms with Crippen molar-refractivity contribution >= 4 is 12.0 Å². The van der Waals surface area contributed by atoms with Crippen LogP contribution >= 0.6 is 0 Å². The number of amides is 2. The van der Waals surface area contributed by atoms with Crippen LogP contribution in [0.5, 0.6) is 0 Å². The van der Waals surface area contributed by atoms with E-state index in [0.717, 1.165) is 12.8 Å². The molecule has 1 rings (SSSR count). The topological polar surface area (TPSA) is 78.4 Å². The van der Waals surface area contributed by atoms with Gasteiger partial charge in [0.1, 0.15) is 6.04 Å². The number of carboxylic acids is 1. The fourth-order valence-corrected chi connectivity index (χ4v) is 1.34. The molecule has 3 N–H and O–H groups in total. The van der Waals surface area contributed by atoms with Gasteiger partial charge in [0, 0.05) is 6.04 Å². The average molecular weight is 200 g/mol. The molecule has 2 amide bonds. The minimum absolute atomic E-state index is 0.237. The van der Waals surface area contributed by atoms with E-state index in [2.05, 4.69) is 17.6 Å². The van der Waals surface area contributed by atoms with Gasteiger partial charge in [0.25, 0.3) is 0 Å². The van der Waals surface area contributed by atoms with Crippen molar-refractivity contribution in [2.24, 2.45) is 5.92 Å². The molecule has 0 spiro atoms. The van der Waals surface area contributed by atoms with Gasteiger partial charge >= 0.3 is 12.0 Å². The Morgan fingerprint density at radius 3 is 2.64 bits per heavy atom. The fourth-order valence-electron chi connectivity index (χ4n) is 1.34. The van der Waals surface area contributed by atoms with Crippen molar-refractivity contribution in [3.05, 3.63) is 0 Å². The summed E-state index contributed by atoms with van der Waals surface area (Å²) in [5, 5.41) is 13.6. The van der Waals surface area contributed by atoms with E-state index in [0.29, 0.717) is 5.92 Å². The smallest absolute Gasteiger partial charge is 0.325 e. The first kappa shape index (κ1) is 10.8. The van der Waals surface area contributed by atoms with Crippen LogP contribution in [0, 0.1) is 5.92 Å². The number of aliphatic carboxylic acids is 1. The van der Waals surface area contributed by atoms with Gasteiger partial charge in [0.15, 0.2) is 0 Å². The maximum atomic E-state index is 11.2. The van der Waals surface area contributed by atoms with Crippen LogP contribution in [0.15, 0.2) is 0 Å². The molecule has 1 fully saturated rings. The van der Waals surface area contributed by atoms with Crippen LogP contribution < -0.4 is 10.6 Å². The molecule has 1 saturated carbocycles. The lowest BCUT2D eigenvalue weighted by atomic mass is 10.3. The van der Waals surface area contributed by atoms with Crippen molar-refractivity contribution in [3.63, 3.8) is 0 Å². The predicted octanol–water partition coefficient (Wildman–Crippen LogP) is 0.557. The van der Waals surface area contributed by atoms with Gasteiger partial charge < -0.3 is 15.7 Å². The summed E-state index contributed by atoms with van der Waals surface area (Å²) < 4.78 is 0. The van der Waals surface area contributed by atoms with E-state index in [9.17, 15) is 9.59 Å². The third kappa shape index (κ3) is 2.90. The molecule has 0 aromatic carbocycles. The zero-order valence-corrected chi connectivity index (χ0v) is 8.41. The molecule has 14 heavy (non-hydrogen) atoms. The molecule has 0 aromatic heterocycles. The molecule has 0 saturated heterocycles. The molecule has 3 atom stereocenters. The van der Waals surface area contributed by atoms with E-state index in [-0.39, 0.29) is 12.1 Å². The van der Waals surface area contributed by atoms with E-state index in [1.54, 1.807) is 0 Å². The van der Waals surface area contributed by atoms with Crippen LogP contribution in [0.2, 0.25) is 0 Å². The number of hydrogen-bond donors (Lipinski definition) is 3. The predicted molar refractivity (Wildman–Crippen MR) is 51.0 cm³/mol. The van der Waals surface area contributed by atoms with Gasteiger partial charge in [0.05, 0.1) is 0 Å². The Bertz CT molecular complexity index is 242. The van der Waals surface area contributed by atoms with Gasteiger partial charge in [-0.3, -0.25) is 4.79 Å². The van der Waals surface area contributed by atoms with Crippen LogP contribution in [-0.2, 0) is 4.79 Å².